The van der Waals surface area contributed by atoms with Crippen molar-refractivity contribution in [3.05, 3.63) is 30.1 Å². The van der Waals surface area contributed by atoms with Gasteiger partial charge in [-0.2, -0.15) is 0 Å². The molecule has 1 amide bonds. The maximum absolute atomic E-state index is 14.9. The molecule has 0 aliphatic carbocycles. The predicted molar refractivity (Wildman–Crippen MR) is 109 cm³/mol. The summed E-state index contributed by atoms with van der Waals surface area (Å²) in [5, 5.41) is 13.4. The highest BCUT2D eigenvalue weighted by Gasteiger charge is 2.34. The molecule has 4 rings (SSSR count). The number of tetrazole rings is 1. The number of amides is 1. The van der Waals surface area contributed by atoms with Crippen molar-refractivity contribution in [1.82, 2.24) is 25.5 Å². The van der Waals surface area contributed by atoms with Gasteiger partial charge in [-0.05, 0) is 23.3 Å². The fraction of sp³-hybridized carbons (Fsp3) is 0.500. The van der Waals surface area contributed by atoms with E-state index in [1.807, 2.05) is 0 Å². The number of hydrogen-bond acceptors (Lipinski definition) is 7. The lowest BCUT2D eigenvalue weighted by molar-refractivity contribution is 0.142. The van der Waals surface area contributed by atoms with Crippen LogP contribution in [0.5, 0.6) is 0 Å². The van der Waals surface area contributed by atoms with Crippen molar-refractivity contribution in [1.29, 1.82) is 0 Å². The summed E-state index contributed by atoms with van der Waals surface area (Å²) in [6, 6.07) is 2.17. The second-order valence-corrected chi connectivity index (χ2v) is 7.87. The molecule has 3 heterocycles. The zero-order valence-electron chi connectivity index (χ0n) is 16.6. The number of nitrogens with one attached hydrogen (secondary N) is 1. The standard InChI is InChI=1S/C18H19F4N7O2S/c19-13-5-11(28-8-12(31-18(28)30)7-23-17(32)16(21)22)6-14(20)15(13)27-3-1-10(2-4-27)29-9-24-25-26-29/h5-6,9-10,12,16H,1-4,7-8H2,(H,23,32). The van der Waals surface area contributed by atoms with Crippen LogP contribution in [0.25, 0.3) is 0 Å². The Kier molecular flexibility index (Phi) is 6.39. The number of nitrogens with zero attached hydrogens (tertiary/aromatic N) is 6. The van der Waals surface area contributed by atoms with E-state index in [2.05, 4.69) is 33.1 Å². The molecule has 2 aliphatic heterocycles. The minimum absolute atomic E-state index is 0.0174. The van der Waals surface area contributed by atoms with Crippen molar-refractivity contribution in [2.45, 2.75) is 31.4 Å². The summed E-state index contributed by atoms with van der Waals surface area (Å²) in [7, 11) is 0. The van der Waals surface area contributed by atoms with Crippen LogP contribution >= 0.6 is 12.2 Å². The van der Waals surface area contributed by atoms with E-state index in [4.69, 9.17) is 4.74 Å². The van der Waals surface area contributed by atoms with E-state index in [0.29, 0.717) is 25.9 Å². The molecule has 1 aromatic carbocycles. The largest absolute Gasteiger partial charge is 0.442 e. The van der Waals surface area contributed by atoms with E-state index in [0.717, 1.165) is 17.0 Å². The van der Waals surface area contributed by atoms with Gasteiger partial charge in [0.2, 0.25) is 0 Å². The molecule has 9 nitrogen and oxygen atoms in total. The van der Waals surface area contributed by atoms with Gasteiger partial charge in [-0.15, -0.1) is 5.10 Å². The third-order valence-corrected chi connectivity index (χ3v) is 5.73. The topological polar surface area (TPSA) is 88.4 Å². The average Bonchev–Trinajstić information content (AvgIpc) is 3.42. The second-order valence-electron chi connectivity index (χ2n) is 7.43. The van der Waals surface area contributed by atoms with Crippen molar-refractivity contribution in [2.75, 3.05) is 36.0 Å². The maximum Gasteiger partial charge on any atom is 0.414 e. The third-order valence-electron chi connectivity index (χ3n) is 5.41. The van der Waals surface area contributed by atoms with Crippen LogP contribution in [0.4, 0.5) is 33.7 Å². The Morgan fingerprint density at radius 3 is 2.53 bits per heavy atom. The Balaban J connectivity index is 1.42. The molecule has 0 radical (unpaired) electrons. The first-order chi connectivity index (χ1) is 15.3. The number of thiocarbonyl (C=S) groups is 1. The SMILES string of the molecule is O=C1OC(CNC(=S)C(F)F)CN1c1cc(F)c(N2CCC(n3cnnn3)CC2)c(F)c1. The summed E-state index contributed by atoms with van der Waals surface area (Å²) >= 11 is 4.48. The molecular formula is C18H19F4N7O2S. The molecule has 0 saturated carbocycles. The first kappa shape index (κ1) is 22.2. The van der Waals surface area contributed by atoms with Crippen molar-refractivity contribution in [3.63, 3.8) is 0 Å². The lowest BCUT2D eigenvalue weighted by Gasteiger charge is -2.33. The van der Waals surface area contributed by atoms with E-state index in [9.17, 15) is 22.4 Å². The molecule has 0 bridgehead atoms. The first-order valence-corrected chi connectivity index (χ1v) is 10.2. The molecule has 2 saturated heterocycles. The van der Waals surface area contributed by atoms with Crippen molar-refractivity contribution >= 4 is 34.7 Å². The van der Waals surface area contributed by atoms with Gasteiger partial charge in [-0.3, -0.25) is 4.90 Å². The Labute approximate surface area is 185 Å². The van der Waals surface area contributed by atoms with Crippen LogP contribution < -0.4 is 15.1 Å². The van der Waals surface area contributed by atoms with Gasteiger partial charge in [0, 0.05) is 25.2 Å². The van der Waals surface area contributed by atoms with E-state index in [1.165, 1.54) is 6.33 Å². The van der Waals surface area contributed by atoms with Crippen LogP contribution in [0.3, 0.4) is 0 Å². The molecule has 172 valence electrons. The number of benzene rings is 1. The number of ether oxygens (including phenoxy) is 1. The highest BCUT2D eigenvalue weighted by Crippen LogP contribution is 2.33. The van der Waals surface area contributed by atoms with Crippen LogP contribution in [-0.4, -0.2) is 70.0 Å². The minimum Gasteiger partial charge on any atom is -0.442 e. The minimum atomic E-state index is -2.83. The quantitative estimate of drug-likeness (QED) is 0.505. The summed E-state index contributed by atoms with van der Waals surface area (Å²) in [4.78, 5) is 14.1. The van der Waals surface area contributed by atoms with E-state index in [1.54, 1.807) is 9.58 Å². The zero-order chi connectivity index (χ0) is 22.8. The van der Waals surface area contributed by atoms with Crippen LogP contribution in [0.2, 0.25) is 0 Å². The fourth-order valence-corrected chi connectivity index (χ4v) is 3.91. The summed E-state index contributed by atoms with van der Waals surface area (Å²) in [5.41, 5.74) is -0.187. The van der Waals surface area contributed by atoms with Crippen molar-refractivity contribution in [2.24, 2.45) is 0 Å². The molecule has 2 fully saturated rings. The number of rotatable bonds is 6. The summed E-state index contributed by atoms with van der Waals surface area (Å²) in [6.45, 7) is 0.612. The van der Waals surface area contributed by atoms with Gasteiger partial charge < -0.3 is 15.0 Å². The number of anilines is 2. The van der Waals surface area contributed by atoms with E-state index >= 15 is 0 Å². The van der Waals surface area contributed by atoms with Crippen molar-refractivity contribution < 1.29 is 27.1 Å². The van der Waals surface area contributed by atoms with Gasteiger partial charge in [0.05, 0.1) is 24.8 Å². The van der Waals surface area contributed by atoms with E-state index < -0.39 is 35.2 Å². The Hall–Kier alpha value is -3.03. The van der Waals surface area contributed by atoms with E-state index in [-0.39, 0.29) is 30.5 Å². The van der Waals surface area contributed by atoms with Crippen LogP contribution in [0.1, 0.15) is 18.9 Å². The normalized spacial score (nSPS) is 19.5. The third kappa shape index (κ3) is 4.59. The molecule has 1 unspecified atom stereocenters. The van der Waals surface area contributed by atoms with Crippen LogP contribution in [0.15, 0.2) is 18.5 Å². The van der Waals surface area contributed by atoms with Crippen LogP contribution in [-0.2, 0) is 4.74 Å². The number of piperidine rings is 1. The van der Waals surface area contributed by atoms with Gasteiger partial charge in [0.15, 0.2) is 11.6 Å². The lowest BCUT2D eigenvalue weighted by atomic mass is 10.0. The number of hydrogen-bond donors (Lipinski definition) is 1. The zero-order valence-corrected chi connectivity index (χ0v) is 17.4. The summed E-state index contributed by atoms with van der Waals surface area (Å²) in [5.74, 6) is -1.62. The number of alkyl halides is 2. The molecule has 0 spiro atoms. The predicted octanol–water partition coefficient (Wildman–Crippen LogP) is 2.30. The molecule has 1 N–H and O–H groups in total. The van der Waals surface area contributed by atoms with Gasteiger partial charge >= 0.3 is 6.09 Å². The first-order valence-electron chi connectivity index (χ1n) is 9.84. The van der Waals surface area contributed by atoms with Gasteiger partial charge in [-0.25, -0.2) is 27.0 Å². The molecule has 1 aromatic heterocycles. The number of carbonyl (C=O) groups is 1. The lowest BCUT2D eigenvalue weighted by Crippen LogP contribution is -2.37. The summed E-state index contributed by atoms with van der Waals surface area (Å²) in [6.07, 6.45) is -1.72. The van der Waals surface area contributed by atoms with Gasteiger partial charge in [0.1, 0.15) is 23.1 Å². The smallest absolute Gasteiger partial charge is 0.414 e. The maximum atomic E-state index is 14.9. The molecule has 14 heteroatoms. The molecule has 2 aliphatic rings. The fourth-order valence-electron chi connectivity index (χ4n) is 3.83. The van der Waals surface area contributed by atoms with Crippen LogP contribution in [0, 0.1) is 11.6 Å². The Morgan fingerprint density at radius 2 is 1.94 bits per heavy atom. The molecule has 32 heavy (non-hydrogen) atoms. The number of aromatic nitrogens is 4. The number of carbonyl (C=O) groups excluding carboxylic acids is 1. The summed E-state index contributed by atoms with van der Waals surface area (Å²) < 4.78 is 61.4. The molecular weight excluding hydrogens is 454 g/mol. The number of cyclic esters (lactones) is 1. The second kappa shape index (κ2) is 9.22. The van der Waals surface area contributed by atoms with Crippen molar-refractivity contribution in [3.8, 4) is 0 Å². The van der Waals surface area contributed by atoms with Gasteiger partial charge in [0.25, 0.3) is 6.43 Å². The average molecular weight is 473 g/mol. The number of halogens is 4. The monoisotopic (exact) mass is 473 g/mol. The Bertz CT molecular complexity index is 963. The molecule has 1 atom stereocenters. The Morgan fingerprint density at radius 1 is 1.25 bits per heavy atom. The highest BCUT2D eigenvalue weighted by atomic mass is 32.1. The molecule has 2 aromatic rings. The highest BCUT2D eigenvalue weighted by molar-refractivity contribution is 7.80. The van der Waals surface area contributed by atoms with Gasteiger partial charge in [-0.1, -0.05) is 12.2 Å².